The van der Waals surface area contributed by atoms with E-state index in [9.17, 15) is 9.59 Å². The predicted octanol–water partition coefficient (Wildman–Crippen LogP) is 3.17. The topological polar surface area (TPSA) is 66.4 Å². The Bertz CT molecular complexity index is 483. The van der Waals surface area contributed by atoms with Crippen LogP contribution in [-0.4, -0.2) is 29.3 Å². The lowest BCUT2D eigenvalue weighted by Crippen LogP contribution is -2.31. The standard InChI is InChI=1S/C16H23NO3S/c1-4-21-11-12-5-7-13(8-6-12)14(18)17-10-9-16(2,3)15(19)20/h5-8H,4,9-11H2,1-3H3,(H,17,18)(H,19,20). The van der Waals surface area contributed by atoms with Gasteiger partial charge in [-0.25, -0.2) is 0 Å². The molecule has 0 aliphatic rings. The summed E-state index contributed by atoms with van der Waals surface area (Å²) in [7, 11) is 0. The molecule has 0 saturated heterocycles. The summed E-state index contributed by atoms with van der Waals surface area (Å²) in [5.41, 5.74) is 0.980. The molecule has 1 rings (SSSR count). The molecule has 0 aromatic heterocycles. The maximum atomic E-state index is 12.0. The maximum Gasteiger partial charge on any atom is 0.309 e. The van der Waals surface area contributed by atoms with E-state index in [0.29, 0.717) is 18.5 Å². The molecule has 0 atom stereocenters. The average molecular weight is 309 g/mol. The normalized spacial score (nSPS) is 11.2. The van der Waals surface area contributed by atoms with Gasteiger partial charge in [0.05, 0.1) is 5.41 Å². The van der Waals surface area contributed by atoms with Crippen molar-refractivity contribution in [2.45, 2.75) is 32.9 Å². The number of hydrogen-bond donors (Lipinski definition) is 2. The summed E-state index contributed by atoms with van der Waals surface area (Å²) in [5, 5.41) is 11.8. The number of benzene rings is 1. The Hall–Kier alpha value is -1.49. The largest absolute Gasteiger partial charge is 0.481 e. The highest BCUT2D eigenvalue weighted by molar-refractivity contribution is 7.98. The molecule has 0 spiro atoms. The summed E-state index contributed by atoms with van der Waals surface area (Å²) in [4.78, 5) is 22.9. The first-order valence-electron chi connectivity index (χ1n) is 7.05. The summed E-state index contributed by atoms with van der Waals surface area (Å²) in [6.07, 6.45) is 0.402. The number of rotatable bonds is 8. The van der Waals surface area contributed by atoms with Crippen molar-refractivity contribution in [2.75, 3.05) is 12.3 Å². The zero-order valence-electron chi connectivity index (χ0n) is 12.8. The van der Waals surface area contributed by atoms with Gasteiger partial charge >= 0.3 is 5.97 Å². The van der Waals surface area contributed by atoms with Crippen LogP contribution in [0.3, 0.4) is 0 Å². The highest BCUT2D eigenvalue weighted by atomic mass is 32.2. The number of carboxylic acid groups (broad SMARTS) is 1. The van der Waals surface area contributed by atoms with Gasteiger partial charge in [0, 0.05) is 17.9 Å². The molecule has 0 fully saturated rings. The molecule has 1 amide bonds. The minimum absolute atomic E-state index is 0.161. The molecule has 0 aliphatic heterocycles. The van der Waals surface area contributed by atoms with E-state index in [1.807, 2.05) is 36.0 Å². The van der Waals surface area contributed by atoms with Crippen molar-refractivity contribution < 1.29 is 14.7 Å². The van der Waals surface area contributed by atoms with Crippen molar-refractivity contribution in [2.24, 2.45) is 5.41 Å². The summed E-state index contributed by atoms with van der Waals surface area (Å²) in [5.74, 6) is 1.01. The molecular formula is C16H23NO3S. The number of carboxylic acids is 1. The fourth-order valence-electron chi connectivity index (χ4n) is 1.67. The molecule has 1 aromatic rings. The Kier molecular flexibility index (Phi) is 6.75. The monoisotopic (exact) mass is 309 g/mol. The van der Waals surface area contributed by atoms with E-state index in [2.05, 4.69) is 12.2 Å². The van der Waals surface area contributed by atoms with Gasteiger partial charge in [-0.3, -0.25) is 9.59 Å². The third kappa shape index (κ3) is 5.79. The summed E-state index contributed by atoms with van der Waals surface area (Å²) in [6.45, 7) is 5.78. The van der Waals surface area contributed by atoms with Crippen LogP contribution < -0.4 is 5.32 Å². The van der Waals surface area contributed by atoms with Crippen molar-refractivity contribution in [3.8, 4) is 0 Å². The molecular weight excluding hydrogens is 286 g/mol. The van der Waals surface area contributed by atoms with Crippen LogP contribution in [-0.2, 0) is 10.5 Å². The van der Waals surface area contributed by atoms with Crippen molar-refractivity contribution in [1.82, 2.24) is 5.32 Å². The lowest BCUT2D eigenvalue weighted by atomic mass is 9.90. The molecule has 0 unspecified atom stereocenters. The van der Waals surface area contributed by atoms with Crippen LogP contribution in [0, 0.1) is 5.41 Å². The Morgan fingerprint density at radius 1 is 1.24 bits per heavy atom. The molecule has 21 heavy (non-hydrogen) atoms. The SMILES string of the molecule is CCSCc1ccc(C(=O)NCCC(C)(C)C(=O)O)cc1. The van der Waals surface area contributed by atoms with Crippen LogP contribution in [0.4, 0.5) is 0 Å². The van der Waals surface area contributed by atoms with Crippen molar-refractivity contribution in [3.63, 3.8) is 0 Å². The molecule has 5 heteroatoms. The van der Waals surface area contributed by atoms with E-state index >= 15 is 0 Å². The molecule has 0 saturated carbocycles. The third-order valence-electron chi connectivity index (χ3n) is 3.30. The first-order chi connectivity index (χ1) is 9.86. The van der Waals surface area contributed by atoms with Gasteiger partial charge in [-0.1, -0.05) is 19.1 Å². The minimum atomic E-state index is -0.852. The number of nitrogens with one attached hydrogen (secondary N) is 1. The predicted molar refractivity (Wildman–Crippen MR) is 86.6 cm³/mol. The Labute approximate surface area is 130 Å². The fraction of sp³-hybridized carbons (Fsp3) is 0.500. The van der Waals surface area contributed by atoms with Gasteiger partial charge in [0.2, 0.25) is 0 Å². The second-order valence-electron chi connectivity index (χ2n) is 5.53. The number of thioether (sulfide) groups is 1. The van der Waals surface area contributed by atoms with Gasteiger partial charge in [0.25, 0.3) is 5.91 Å². The van der Waals surface area contributed by atoms with Crippen LogP contribution in [0.25, 0.3) is 0 Å². The van der Waals surface area contributed by atoms with Crippen LogP contribution in [0.1, 0.15) is 43.1 Å². The zero-order chi connectivity index (χ0) is 15.9. The van der Waals surface area contributed by atoms with E-state index in [0.717, 1.165) is 11.5 Å². The second kappa shape index (κ2) is 8.08. The average Bonchev–Trinajstić information content (AvgIpc) is 2.45. The van der Waals surface area contributed by atoms with Gasteiger partial charge < -0.3 is 10.4 Å². The Balaban J connectivity index is 2.47. The number of amides is 1. The Morgan fingerprint density at radius 3 is 2.38 bits per heavy atom. The van der Waals surface area contributed by atoms with E-state index in [4.69, 9.17) is 5.11 Å². The first kappa shape index (κ1) is 17.6. The van der Waals surface area contributed by atoms with E-state index in [1.54, 1.807) is 13.8 Å². The molecule has 0 radical (unpaired) electrons. The molecule has 2 N–H and O–H groups in total. The minimum Gasteiger partial charge on any atom is -0.481 e. The number of aliphatic carboxylic acids is 1. The highest BCUT2D eigenvalue weighted by Gasteiger charge is 2.26. The quantitative estimate of drug-likeness (QED) is 0.774. The second-order valence-corrected chi connectivity index (χ2v) is 6.80. The summed E-state index contributed by atoms with van der Waals surface area (Å²) in [6, 6.07) is 7.53. The molecule has 4 nitrogen and oxygen atoms in total. The number of carbonyl (C=O) groups excluding carboxylic acids is 1. The van der Waals surface area contributed by atoms with Gasteiger partial charge in [0.15, 0.2) is 0 Å². The summed E-state index contributed by atoms with van der Waals surface area (Å²) < 4.78 is 0. The van der Waals surface area contributed by atoms with E-state index in [1.165, 1.54) is 5.56 Å². The van der Waals surface area contributed by atoms with Crippen molar-refractivity contribution in [1.29, 1.82) is 0 Å². The van der Waals surface area contributed by atoms with Crippen LogP contribution >= 0.6 is 11.8 Å². The Morgan fingerprint density at radius 2 is 1.86 bits per heavy atom. The van der Waals surface area contributed by atoms with Gasteiger partial charge in [-0.15, -0.1) is 0 Å². The summed E-state index contributed by atoms with van der Waals surface area (Å²) >= 11 is 1.84. The van der Waals surface area contributed by atoms with Crippen molar-refractivity contribution >= 4 is 23.6 Å². The van der Waals surface area contributed by atoms with E-state index < -0.39 is 11.4 Å². The van der Waals surface area contributed by atoms with Crippen LogP contribution in [0.15, 0.2) is 24.3 Å². The van der Waals surface area contributed by atoms with Crippen LogP contribution in [0.2, 0.25) is 0 Å². The third-order valence-corrected chi connectivity index (χ3v) is 4.25. The molecule has 116 valence electrons. The maximum absolute atomic E-state index is 12.0. The van der Waals surface area contributed by atoms with Crippen LogP contribution in [0.5, 0.6) is 0 Å². The first-order valence-corrected chi connectivity index (χ1v) is 8.20. The van der Waals surface area contributed by atoms with Gasteiger partial charge in [-0.05, 0) is 43.7 Å². The smallest absolute Gasteiger partial charge is 0.309 e. The highest BCUT2D eigenvalue weighted by Crippen LogP contribution is 2.19. The molecule has 0 aliphatic carbocycles. The molecule has 0 heterocycles. The van der Waals surface area contributed by atoms with Gasteiger partial charge in [0.1, 0.15) is 0 Å². The lowest BCUT2D eigenvalue weighted by molar-refractivity contribution is -0.147. The number of hydrogen-bond acceptors (Lipinski definition) is 3. The zero-order valence-corrected chi connectivity index (χ0v) is 13.6. The van der Waals surface area contributed by atoms with Gasteiger partial charge in [-0.2, -0.15) is 11.8 Å². The van der Waals surface area contributed by atoms with Crippen molar-refractivity contribution in [3.05, 3.63) is 35.4 Å². The van der Waals surface area contributed by atoms with E-state index in [-0.39, 0.29) is 5.91 Å². The number of carbonyl (C=O) groups is 2. The molecule has 1 aromatic carbocycles. The fourth-order valence-corrected chi connectivity index (χ4v) is 2.30. The molecule has 0 bridgehead atoms. The lowest BCUT2D eigenvalue weighted by Gasteiger charge is -2.18.